The minimum atomic E-state index is -0.380. The Labute approximate surface area is 154 Å². The molecule has 3 rings (SSSR count). The Bertz CT molecular complexity index is 769. The number of nitrogens with zero attached hydrogens (tertiary/aromatic N) is 2. The first-order valence-electron chi connectivity index (χ1n) is 9.00. The lowest BCUT2D eigenvalue weighted by Gasteiger charge is -2.19. The molecule has 5 nitrogen and oxygen atoms in total. The number of carbonyl (C=O) groups excluding carboxylic acids is 2. The van der Waals surface area contributed by atoms with Crippen molar-refractivity contribution in [2.75, 3.05) is 30.0 Å². The Balaban J connectivity index is 1.70. The van der Waals surface area contributed by atoms with Crippen molar-refractivity contribution in [1.29, 1.82) is 0 Å². The smallest absolute Gasteiger partial charge is 0.337 e. The van der Waals surface area contributed by atoms with Crippen LogP contribution in [0.1, 0.15) is 35.7 Å². The van der Waals surface area contributed by atoms with Crippen molar-refractivity contribution in [2.45, 2.75) is 26.2 Å². The van der Waals surface area contributed by atoms with Gasteiger partial charge in [0.05, 0.1) is 12.7 Å². The van der Waals surface area contributed by atoms with Gasteiger partial charge in [-0.2, -0.15) is 0 Å². The van der Waals surface area contributed by atoms with Crippen molar-refractivity contribution in [3.63, 3.8) is 0 Å². The first-order valence-corrected chi connectivity index (χ1v) is 9.00. The molecule has 1 aliphatic heterocycles. The minimum Gasteiger partial charge on any atom is -0.465 e. The zero-order chi connectivity index (χ0) is 18.5. The molecule has 0 bridgehead atoms. The summed E-state index contributed by atoms with van der Waals surface area (Å²) in [6, 6.07) is 15.1. The van der Waals surface area contributed by atoms with Gasteiger partial charge >= 0.3 is 12.0 Å². The number of urea groups is 1. The molecule has 1 heterocycles. The molecular formula is C21H24N2O3. The number of benzene rings is 2. The number of amides is 2. The first-order chi connectivity index (χ1) is 12.6. The number of rotatable bonds is 6. The number of methoxy groups -OCH3 is 1. The molecule has 136 valence electrons. The van der Waals surface area contributed by atoms with Crippen LogP contribution in [0.25, 0.3) is 0 Å². The molecule has 0 spiro atoms. The third-order valence-electron chi connectivity index (χ3n) is 4.68. The van der Waals surface area contributed by atoms with Crippen LogP contribution in [0.3, 0.4) is 0 Å². The maximum atomic E-state index is 12.8. The number of ether oxygens (including phenoxy) is 1. The van der Waals surface area contributed by atoms with Crippen LogP contribution < -0.4 is 9.80 Å². The lowest BCUT2D eigenvalue weighted by atomic mass is 10.1. The zero-order valence-electron chi connectivity index (χ0n) is 15.3. The summed E-state index contributed by atoms with van der Waals surface area (Å²) in [6.07, 6.45) is 3.43. The summed E-state index contributed by atoms with van der Waals surface area (Å²) in [5.74, 6) is -0.380. The number of hydrogen-bond acceptors (Lipinski definition) is 3. The maximum Gasteiger partial charge on any atom is 0.337 e. The molecule has 0 radical (unpaired) electrons. The molecule has 2 amide bonds. The van der Waals surface area contributed by atoms with Gasteiger partial charge in [0.1, 0.15) is 0 Å². The monoisotopic (exact) mass is 352 g/mol. The van der Waals surface area contributed by atoms with E-state index in [1.54, 1.807) is 34.1 Å². The Morgan fingerprint density at radius 2 is 1.50 bits per heavy atom. The van der Waals surface area contributed by atoms with E-state index in [9.17, 15) is 9.59 Å². The molecule has 0 atom stereocenters. The van der Waals surface area contributed by atoms with Gasteiger partial charge < -0.3 is 4.74 Å². The minimum absolute atomic E-state index is 0.0443. The van der Waals surface area contributed by atoms with E-state index in [-0.39, 0.29) is 12.0 Å². The second-order valence-electron chi connectivity index (χ2n) is 6.39. The number of unbranched alkanes of at least 4 members (excludes halogenated alkanes) is 1. The highest BCUT2D eigenvalue weighted by Crippen LogP contribution is 2.26. The summed E-state index contributed by atoms with van der Waals surface area (Å²) < 4.78 is 4.70. The Morgan fingerprint density at radius 1 is 0.962 bits per heavy atom. The summed E-state index contributed by atoms with van der Waals surface area (Å²) in [5, 5.41) is 0. The standard InChI is InChI=1S/C21H24N2O3/c1-3-4-5-16-6-10-18(11-7-16)22-14-15-23(21(22)25)19-12-8-17(9-13-19)20(24)26-2/h6-13H,3-5,14-15H2,1-2H3. The quantitative estimate of drug-likeness (QED) is 0.730. The van der Waals surface area contributed by atoms with Crippen LogP contribution in [0, 0.1) is 0 Å². The van der Waals surface area contributed by atoms with Crippen LogP contribution in [0.5, 0.6) is 0 Å². The predicted octanol–water partition coefficient (Wildman–Crippen LogP) is 4.26. The van der Waals surface area contributed by atoms with E-state index in [1.807, 2.05) is 12.1 Å². The van der Waals surface area contributed by atoms with E-state index in [0.29, 0.717) is 18.7 Å². The van der Waals surface area contributed by atoms with E-state index in [1.165, 1.54) is 25.5 Å². The Hall–Kier alpha value is -2.82. The Kier molecular flexibility index (Phi) is 5.56. The fraction of sp³-hybridized carbons (Fsp3) is 0.333. The Morgan fingerprint density at radius 3 is 2.00 bits per heavy atom. The van der Waals surface area contributed by atoms with E-state index < -0.39 is 0 Å². The lowest BCUT2D eigenvalue weighted by molar-refractivity contribution is 0.0600. The number of carbonyl (C=O) groups is 2. The lowest BCUT2D eigenvalue weighted by Crippen LogP contribution is -2.31. The third-order valence-corrected chi connectivity index (χ3v) is 4.68. The zero-order valence-corrected chi connectivity index (χ0v) is 15.3. The van der Waals surface area contributed by atoms with Crippen LogP contribution in [-0.4, -0.2) is 32.2 Å². The molecule has 1 fully saturated rings. The summed E-state index contributed by atoms with van der Waals surface area (Å²) in [7, 11) is 1.35. The topological polar surface area (TPSA) is 49.9 Å². The van der Waals surface area contributed by atoms with E-state index in [0.717, 1.165) is 17.8 Å². The van der Waals surface area contributed by atoms with Gasteiger partial charge in [-0.05, 0) is 54.8 Å². The molecular weight excluding hydrogens is 328 g/mol. The van der Waals surface area contributed by atoms with E-state index >= 15 is 0 Å². The highest BCUT2D eigenvalue weighted by molar-refractivity contribution is 6.06. The average Bonchev–Trinajstić information content (AvgIpc) is 3.07. The number of esters is 1. The summed E-state index contributed by atoms with van der Waals surface area (Å²) in [6.45, 7) is 3.45. The second-order valence-corrected chi connectivity index (χ2v) is 6.39. The molecule has 0 aliphatic carbocycles. The van der Waals surface area contributed by atoms with Gasteiger partial charge in [0.2, 0.25) is 0 Å². The van der Waals surface area contributed by atoms with Crippen molar-refractivity contribution in [3.8, 4) is 0 Å². The highest BCUT2D eigenvalue weighted by atomic mass is 16.5. The van der Waals surface area contributed by atoms with Gasteiger partial charge in [0.25, 0.3) is 0 Å². The summed E-state index contributed by atoms with van der Waals surface area (Å²) in [5.41, 5.74) is 3.48. The molecule has 5 heteroatoms. The maximum absolute atomic E-state index is 12.8. The van der Waals surface area contributed by atoms with Gasteiger partial charge in [-0.15, -0.1) is 0 Å². The average molecular weight is 352 g/mol. The van der Waals surface area contributed by atoms with Gasteiger partial charge in [0.15, 0.2) is 0 Å². The van der Waals surface area contributed by atoms with Crippen molar-refractivity contribution in [2.24, 2.45) is 0 Å². The van der Waals surface area contributed by atoms with Crippen molar-refractivity contribution in [1.82, 2.24) is 0 Å². The van der Waals surface area contributed by atoms with Gasteiger partial charge in [-0.3, -0.25) is 9.80 Å². The van der Waals surface area contributed by atoms with Crippen LogP contribution in [0.4, 0.5) is 16.2 Å². The van der Waals surface area contributed by atoms with Crippen LogP contribution in [-0.2, 0) is 11.2 Å². The van der Waals surface area contributed by atoms with Crippen LogP contribution in [0.15, 0.2) is 48.5 Å². The molecule has 0 saturated carbocycles. The highest BCUT2D eigenvalue weighted by Gasteiger charge is 2.30. The molecule has 1 saturated heterocycles. The van der Waals surface area contributed by atoms with Crippen LogP contribution in [0.2, 0.25) is 0 Å². The fourth-order valence-corrected chi connectivity index (χ4v) is 3.13. The second kappa shape index (κ2) is 8.04. The molecule has 0 N–H and O–H groups in total. The third kappa shape index (κ3) is 3.72. The SMILES string of the molecule is CCCCc1ccc(N2CCN(c3ccc(C(=O)OC)cc3)C2=O)cc1. The first kappa shape index (κ1) is 18.0. The van der Waals surface area contributed by atoms with Gasteiger partial charge in [-0.25, -0.2) is 9.59 Å². The summed E-state index contributed by atoms with van der Waals surface area (Å²) in [4.78, 5) is 27.8. The molecule has 0 unspecified atom stereocenters. The van der Waals surface area contributed by atoms with E-state index in [2.05, 4.69) is 19.1 Å². The molecule has 2 aromatic carbocycles. The number of anilines is 2. The summed E-state index contributed by atoms with van der Waals surface area (Å²) >= 11 is 0. The van der Waals surface area contributed by atoms with Crippen molar-refractivity contribution in [3.05, 3.63) is 59.7 Å². The predicted molar refractivity (Wildman–Crippen MR) is 103 cm³/mol. The molecule has 2 aromatic rings. The molecule has 26 heavy (non-hydrogen) atoms. The fourth-order valence-electron chi connectivity index (χ4n) is 3.13. The normalized spacial score (nSPS) is 14.0. The van der Waals surface area contributed by atoms with Crippen LogP contribution >= 0.6 is 0 Å². The molecule has 0 aromatic heterocycles. The number of hydrogen-bond donors (Lipinski definition) is 0. The van der Waals surface area contributed by atoms with Crippen molar-refractivity contribution < 1.29 is 14.3 Å². The van der Waals surface area contributed by atoms with Crippen molar-refractivity contribution >= 4 is 23.4 Å². The largest absolute Gasteiger partial charge is 0.465 e. The van der Waals surface area contributed by atoms with Gasteiger partial charge in [0, 0.05) is 24.5 Å². The number of aryl methyl sites for hydroxylation is 1. The van der Waals surface area contributed by atoms with E-state index in [4.69, 9.17) is 4.74 Å². The van der Waals surface area contributed by atoms with Gasteiger partial charge in [-0.1, -0.05) is 25.5 Å². The molecule has 1 aliphatic rings.